The topological polar surface area (TPSA) is 109 Å². The van der Waals surface area contributed by atoms with Crippen LogP contribution in [-0.4, -0.2) is 56.1 Å². The Labute approximate surface area is 234 Å². The second kappa shape index (κ2) is 9.98. The van der Waals surface area contributed by atoms with Gasteiger partial charge in [-0.1, -0.05) is 32.9 Å². The Hall–Kier alpha value is -2.26. The minimum absolute atomic E-state index is 0.168. The summed E-state index contributed by atoms with van der Waals surface area (Å²) in [5, 5.41) is 13.1. The van der Waals surface area contributed by atoms with Gasteiger partial charge in [-0.15, -0.1) is 11.3 Å². The summed E-state index contributed by atoms with van der Waals surface area (Å²) >= 11 is 1.50. The highest BCUT2D eigenvalue weighted by atomic mass is 32.3. The number of anilines is 1. The molecule has 39 heavy (non-hydrogen) atoms. The summed E-state index contributed by atoms with van der Waals surface area (Å²) in [6.45, 7) is 7.31. The van der Waals surface area contributed by atoms with Crippen molar-refractivity contribution < 1.29 is 22.7 Å². The molecule has 3 fully saturated rings. The normalized spacial score (nSPS) is 26.4. The van der Waals surface area contributed by atoms with Gasteiger partial charge in [0.05, 0.1) is 34.2 Å². The summed E-state index contributed by atoms with van der Waals surface area (Å²) in [5.74, 6) is -4.07. The largest absolute Gasteiger partial charge is 0.368 e. The van der Waals surface area contributed by atoms with E-state index in [9.17, 15) is 27.9 Å². The van der Waals surface area contributed by atoms with Gasteiger partial charge in [0.1, 0.15) is 5.54 Å². The first-order valence-corrected chi connectivity index (χ1v) is 16.1. The number of nitrogens with one attached hydrogen (secondary N) is 1. The molecule has 11 heteroatoms. The van der Waals surface area contributed by atoms with Gasteiger partial charge in [-0.2, -0.15) is 15.9 Å². The van der Waals surface area contributed by atoms with Crippen LogP contribution < -0.4 is 10.2 Å². The van der Waals surface area contributed by atoms with Crippen molar-refractivity contribution in [2.45, 2.75) is 75.7 Å². The Morgan fingerprint density at radius 1 is 1.18 bits per heavy atom. The third-order valence-electron chi connectivity index (χ3n) is 8.00. The molecule has 2 saturated carbocycles. The van der Waals surface area contributed by atoms with Crippen molar-refractivity contribution in [2.24, 2.45) is 5.92 Å². The summed E-state index contributed by atoms with van der Waals surface area (Å²) in [6.07, 6.45) is 0.429. The van der Waals surface area contributed by atoms with Crippen LogP contribution in [0.5, 0.6) is 0 Å². The Morgan fingerprint density at radius 2 is 1.82 bits per heavy atom. The smallest absolute Gasteiger partial charge is 0.249 e. The summed E-state index contributed by atoms with van der Waals surface area (Å²) in [7, 11) is -2.49. The molecule has 3 N–H and O–H groups in total. The van der Waals surface area contributed by atoms with Crippen molar-refractivity contribution in [3.63, 3.8) is 0 Å². The van der Waals surface area contributed by atoms with E-state index in [1.807, 2.05) is 24.3 Å². The van der Waals surface area contributed by atoms with E-state index in [2.05, 4.69) is 37.1 Å². The number of aromatic nitrogens is 1. The van der Waals surface area contributed by atoms with Crippen molar-refractivity contribution in [3.05, 3.63) is 34.2 Å². The first-order chi connectivity index (χ1) is 18.2. The van der Waals surface area contributed by atoms with Gasteiger partial charge in [0.25, 0.3) is 0 Å². The summed E-state index contributed by atoms with van der Waals surface area (Å²) in [5.41, 5.74) is 1.37. The van der Waals surface area contributed by atoms with E-state index in [1.165, 1.54) is 11.3 Å². The Bertz CT molecular complexity index is 1270. The standard InChI is InChI=1S/C28H36F2N4O3S2/c1-26(2,3)25-32-22(18-4-6-19(7-5-18)34-12-14-39(36,37)15-13-34)23(38-25)20-8-9-28(29,30)16-21(20)24(35)33-27(17-31)10-11-27/h4-7,20-21,36-37H,8-16H2,1-3H3,(H,33,35)/t20-,21-/m1/s1. The van der Waals surface area contributed by atoms with Gasteiger partial charge < -0.3 is 10.2 Å². The molecule has 0 spiro atoms. The number of carbonyl (C=O) groups excluding carboxylic acids is 1. The molecule has 5 rings (SSSR count). The monoisotopic (exact) mass is 578 g/mol. The van der Waals surface area contributed by atoms with Gasteiger partial charge in [0.2, 0.25) is 11.8 Å². The SMILES string of the molecule is CC(C)(C)c1nc(-c2ccc(N3CCS(O)(O)CC3)cc2)c([C@@H]2CCC(F)(F)C[C@H]2C(=O)NC2(C#N)CC2)s1. The zero-order chi connectivity index (χ0) is 28.2. The molecule has 1 aromatic heterocycles. The van der Waals surface area contributed by atoms with Crippen molar-refractivity contribution in [3.8, 4) is 17.3 Å². The van der Waals surface area contributed by atoms with E-state index in [4.69, 9.17) is 4.98 Å². The van der Waals surface area contributed by atoms with E-state index in [0.717, 1.165) is 26.8 Å². The molecule has 0 unspecified atom stereocenters. The van der Waals surface area contributed by atoms with Crippen molar-refractivity contribution in [1.82, 2.24) is 10.3 Å². The third kappa shape index (κ3) is 6.09. The van der Waals surface area contributed by atoms with E-state index in [0.29, 0.717) is 37.4 Å². The van der Waals surface area contributed by atoms with E-state index in [-0.39, 0.29) is 18.3 Å². The third-order valence-corrected chi connectivity index (χ3v) is 11.3. The zero-order valence-corrected chi connectivity index (χ0v) is 24.2. The highest BCUT2D eigenvalue weighted by molar-refractivity contribution is 8.24. The summed E-state index contributed by atoms with van der Waals surface area (Å²) < 4.78 is 49.1. The van der Waals surface area contributed by atoms with Crippen LogP contribution in [0.4, 0.5) is 14.5 Å². The lowest BCUT2D eigenvalue weighted by Gasteiger charge is -2.41. The Kier molecular flexibility index (Phi) is 7.24. The molecule has 2 aromatic rings. The molecule has 212 valence electrons. The van der Waals surface area contributed by atoms with Crippen LogP contribution in [0, 0.1) is 17.2 Å². The maximum atomic E-state index is 14.6. The number of alkyl halides is 2. The summed E-state index contributed by atoms with van der Waals surface area (Å²) in [6, 6.07) is 10.0. The second-order valence-corrected chi connectivity index (χ2v) is 15.7. The fourth-order valence-electron chi connectivity index (χ4n) is 5.37. The first-order valence-electron chi connectivity index (χ1n) is 13.4. The van der Waals surface area contributed by atoms with Gasteiger partial charge in [0, 0.05) is 53.4 Å². The number of halogens is 2. The van der Waals surface area contributed by atoms with Gasteiger partial charge >= 0.3 is 0 Å². The van der Waals surface area contributed by atoms with Crippen LogP contribution in [-0.2, 0) is 10.2 Å². The lowest BCUT2D eigenvalue weighted by molar-refractivity contribution is -0.134. The quantitative estimate of drug-likeness (QED) is 0.380. The van der Waals surface area contributed by atoms with Gasteiger partial charge in [-0.3, -0.25) is 13.9 Å². The number of nitrogens with zero attached hydrogens (tertiary/aromatic N) is 3. The van der Waals surface area contributed by atoms with Gasteiger partial charge in [-0.05, 0) is 31.4 Å². The average Bonchev–Trinajstić information content (AvgIpc) is 3.49. The number of thiazole rings is 1. The minimum atomic E-state index is -2.93. The Balaban J connectivity index is 1.48. The van der Waals surface area contributed by atoms with E-state index < -0.39 is 46.2 Å². The fourth-order valence-corrected chi connectivity index (χ4v) is 7.94. The van der Waals surface area contributed by atoms with E-state index in [1.54, 1.807) is 0 Å². The zero-order valence-electron chi connectivity index (χ0n) is 22.5. The van der Waals surface area contributed by atoms with Gasteiger partial charge in [0.15, 0.2) is 0 Å². The van der Waals surface area contributed by atoms with Crippen molar-refractivity contribution in [1.29, 1.82) is 5.26 Å². The molecular formula is C28H36F2N4O3S2. The van der Waals surface area contributed by atoms with Crippen molar-refractivity contribution >= 4 is 33.5 Å². The maximum Gasteiger partial charge on any atom is 0.249 e. The number of rotatable bonds is 5. The predicted octanol–water partition coefficient (Wildman–Crippen LogP) is 6.37. The van der Waals surface area contributed by atoms with Crippen molar-refractivity contribution in [2.75, 3.05) is 29.5 Å². The lowest BCUT2D eigenvalue weighted by Crippen LogP contribution is -2.45. The molecule has 2 aliphatic carbocycles. The molecule has 1 amide bonds. The highest BCUT2D eigenvalue weighted by Crippen LogP contribution is 2.51. The minimum Gasteiger partial charge on any atom is -0.368 e. The highest BCUT2D eigenvalue weighted by Gasteiger charge is 2.51. The first kappa shape index (κ1) is 28.3. The molecule has 3 aliphatic rings. The lowest BCUT2D eigenvalue weighted by atomic mass is 9.75. The molecule has 1 saturated heterocycles. The molecular weight excluding hydrogens is 542 g/mol. The van der Waals surface area contributed by atoms with Gasteiger partial charge in [-0.25, -0.2) is 13.8 Å². The number of amides is 1. The Morgan fingerprint density at radius 3 is 2.38 bits per heavy atom. The molecule has 0 bridgehead atoms. The number of hydrogen-bond acceptors (Lipinski definition) is 7. The van der Waals surface area contributed by atoms with Crippen LogP contribution >= 0.6 is 21.9 Å². The van der Waals surface area contributed by atoms with Crippen LogP contribution in [0.1, 0.15) is 68.7 Å². The van der Waals surface area contributed by atoms with Crippen LogP contribution in [0.25, 0.3) is 11.3 Å². The number of benzene rings is 1. The molecule has 2 atom stereocenters. The molecule has 1 aliphatic heterocycles. The second-order valence-electron chi connectivity index (χ2n) is 12.2. The molecule has 0 radical (unpaired) electrons. The number of hydrogen-bond donors (Lipinski definition) is 3. The van der Waals surface area contributed by atoms with Crippen LogP contribution in [0.15, 0.2) is 24.3 Å². The molecule has 1 aromatic carbocycles. The van der Waals surface area contributed by atoms with Crippen LogP contribution in [0.3, 0.4) is 0 Å². The fraction of sp³-hybridized carbons (Fsp3) is 0.607. The van der Waals surface area contributed by atoms with Crippen LogP contribution in [0.2, 0.25) is 0 Å². The van der Waals surface area contributed by atoms with E-state index >= 15 is 0 Å². The maximum absolute atomic E-state index is 14.6. The number of carbonyl (C=O) groups is 1. The molecule has 7 nitrogen and oxygen atoms in total. The number of nitriles is 1. The average molecular weight is 579 g/mol. The summed E-state index contributed by atoms with van der Waals surface area (Å²) in [4.78, 5) is 21.3. The predicted molar refractivity (Wildman–Crippen MR) is 152 cm³/mol. The molecule has 2 heterocycles.